The first-order valence-electron chi connectivity index (χ1n) is 8.66. The summed E-state index contributed by atoms with van der Waals surface area (Å²) >= 11 is 0. The van der Waals surface area contributed by atoms with Crippen LogP contribution < -0.4 is 0 Å². The van der Waals surface area contributed by atoms with E-state index in [1.165, 1.54) is 0 Å². The van der Waals surface area contributed by atoms with Crippen molar-refractivity contribution in [3.05, 3.63) is 77.6 Å². The maximum absolute atomic E-state index is 12.5. The smallest absolute Gasteiger partial charge is 0.129 e. The van der Waals surface area contributed by atoms with Crippen LogP contribution in [-0.2, 0) is 26.9 Å². The number of hydrogen-bond acceptors (Lipinski definition) is 4. The molecule has 0 radical (unpaired) electrons. The van der Waals surface area contributed by atoms with Crippen LogP contribution >= 0.6 is 0 Å². The van der Waals surface area contributed by atoms with Gasteiger partial charge in [-0.15, -0.1) is 0 Å². The van der Waals surface area contributed by atoms with Crippen molar-refractivity contribution in [3.63, 3.8) is 0 Å². The number of ether oxygens (including phenoxy) is 2. The molecule has 4 nitrogen and oxygen atoms in total. The molecule has 1 N–H and O–H groups in total. The number of benzene rings is 2. The lowest BCUT2D eigenvalue weighted by atomic mass is 9.99. The minimum absolute atomic E-state index is 0.120. The summed E-state index contributed by atoms with van der Waals surface area (Å²) in [5.74, 6) is 1.03. The van der Waals surface area contributed by atoms with E-state index in [9.17, 15) is 9.32 Å². The van der Waals surface area contributed by atoms with Gasteiger partial charge >= 0.3 is 0 Å². The van der Waals surface area contributed by atoms with Crippen molar-refractivity contribution in [2.75, 3.05) is 19.0 Å². The third kappa shape index (κ3) is 4.81. The van der Waals surface area contributed by atoms with Crippen LogP contribution in [0.2, 0.25) is 0 Å². The molecule has 3 rings (SSSR count). The Bertz CT molecular complexity index is 770. The van der Waals surface area contributed by atoms with Crippen LogP contribution in [0.15, 0.2) is 71.3 Å². The van der Waals surface area contributed by atoms with Gasteiger partial charge in [-0.05, 0) is 30.7 Å². The van der Waals surface area contributed by atoms with Crippen molar-refractivity contribution in [3.8, 4) is 0 Å². The average molecular weight is 372 g/mol. The van der Waals surface area contributed by atoms with E-state index in [1.807, 2.05) is 67.6 Å². The van der Waals surface area contributed by atoms with Crippen molar-refractivity contribution in [1.82, 2.24) is 0 Å². The fraction of sp³-hybridized carbons (Fsp3) is 0.333. The standard InChI is InChI=1S/C21H24O4S/c1-17-7-9-20(10-8-17)26(23)14-19-11-12-21(15-22,16-24-19)25-13-18-5-3-2-4-6-18/h2-11,22H,12-16H2,1H3/t21-,26+/m0/s1. The summed E-state index contributed by atoms with van der Waals surface area (Å²) in [6, 6.07) is 17.5. The van der Waals surface area contributed by atoms with Crippen LogP contribution in [0.3, 0.4) is 0 Å². The predicted molar refractivity (Wildman–Crippen MR) is 102 cm³/mol. The molecule has 1 heterocycles. The molecule has 1 aliphatic heterocycles. The first kappa shape index (κ1) is 18.8. The van der Waals surface area contributed by atoms with Crippen LogP contribution in [0, 0.1) is 6.92 Å². The lowest BCUT2D eigenvalue weighted by Crippen LogP contribution is -2.43. The van der Waals surface area contributed by atoms with Crippen LogP contribution in [0.25, 0.3) is 0 Å². The van der Waals surface area contributed by atoms with Crippen LogP contribution in [-0.4, -0.2) is 33.9 Å². The zero-order chi connectivity index (χ0) is 18.4. The summed E-state index contributed by atoms with van der Waals surface area (Å²) in [7, 11) is -1.15. The largest absolute Gasteiger partial charge is 0.494 e. The Morgan fingerprint density at radius 1 is 1.15 bits per heavy atom. The third-order valence-electron chi connectivity index (χ3n) is 4.46. The summed E-state index contributed by atoms with van der Waals surface area (Å²) in [5.41, 5.74) is 1.45. The number of aliphatic hydroxyl groups excluding tert-OH is 1. The number of hydrogen-bond donors (Lipinski definition) is 1. The predicted octanol–water partition coefficient (Wildman–Crippen LogP) is 3.35. The van der Waals surface area contributed by atoms with Gasteiger partial charge in [0.2, 0.25) is 0 Å². The van der Waals surface area contributed by atoms with E-state index in [0.717, 1.165) is 16.0 Å². The maximum atomic E-state index is 12.5. The molecule has 0 saturated heterocycles. The van der Waals surface area contributed by atoms with Crippen molar-refractivity contribution >= 4 is 10.8 Å². The van der Waals surface area contributed by atoms with Gasteiger partial charge in [-0.2, -0.15) is 0 Å². The van der Waals surface area contributed by atoms with Crippen molar-refractivity contribution < 1.29 is 18.8 Å². The zero-order valence-electron chi connectivity index (χ0n) is 14.9. The minimum atomic E-state index is -1.15. The van der Waals surface area contributed by atoms with Crippen molar-refractivity contribution in [2.45, 2.75) is 30.4 Å². The molecule has 0 saturated carbocycles. The summed E-state index contributed by atoms with van der Waals surface area (Å²) in [5, 5.41) is 9.80. The molecule has 1 aliphatic rings. The third-order valence-corrected chi connectivity index (χ3v) is 5.80. The van der Waals surface area contributed by atoms with Gasteiger partial charge in [-0.3, -0.25) is 4.21 Å². The molecular formula is C21H24O4S. The Morgan fingerprint density at radius 2 is 1.88 bits per heavy atom. The molecule has 138 valence electrons. The molecule has 26 heavy (non-hydrogen) atoms. The molecule has 2 atom stereocenters. The van der Waals surface area contributed by atoms with Gasteiger partial charge in [-0.25, -0.2) is 0 Å². The highest BCUT2D eigenvalue weighted by Crippen LogP contribution is 2.27. The molecule has 0 spiro atoms. The SMILES string of the molecule is Cc1ccc([S@](=O)CC2=CC[C@@](CO)(OCc3ccccc3)CO2)cc1. The molecule has 5 heteroatoms. The average Bonchev–Trinajstić information content (AvgIpc) is 2.69. The molecule has 2 aromatic carbocycles. The summed E-state index contributed by atoms with van der Waals surface area (Å²) in [4.78, 5) is 0.791. The Labute approximate surface area is 156 Å². The van der Waals surface area contributed by atoms with Gasteiger partial charge in [0.05, 0.1) is 29.8 Å². The van der Waals surface area contributed by atoms with E-state index >= 15 is 0 Å². The highest BCUT2D eigenvalue weighted by Gasteiger charge is 2.34. The Balaban J connectivity index is 1.58. The fourth-order valence-electron chi connectivity index (χ4n) is 2.71. The monoisotopic (exact) mass is 372 g/mol. The second kappa shape index (κ2) is 8.62. The summed E-state index contributed by atoms with van der Waals surface area (Å²) < 4.78 is 24.2. The molecule has 0 unspecified atom stereocenters. The van der Waals surface area contributed by atoms with Crippen molar-refractivity contribution in [2.24, 2.45) is 0 Å². The maximum Gasteiger partial charge on any atom is 0.129 e. The van der Waals surface area contributed by atoms with Gasteiger partial charge in [0.15, 0.2) is 0 Å². The molecule has 0 aliphatic carbocycles. The summed E-state index contributed by atoms with van der Waals surface area (Å²) in [6.45, 7) is 2.56. The normalized spacial score (nSPS) is 20.9. The quantitative estimate of drug-likeness (QED) is 0.810. The lowest BCUT2D eigenvalue weighted by molar-refractivity contribution is -0.127. The lowest BCUT2D eigenvalue weighted by Gasteiger charge is -2.34. The zero-order valence-corrected chi connectivity index (χ0v) is 15.7. The van der Waals surface area contributed by atoms with E-state index in [4.69, 9.17) is 9.47 Å². The Kier molecular flexibility index (Phi) is 6.25. The number of aryl methyl sites for hydroxylation is 1. The van der Waals surface area contributed by atoms with E-state index < -0.39 is 16.4 Å². The molecule has 0 bridgehead atoms. The van der Waals surface area contributed by atoms with E-state index in [2.05, 4.69) is 0 Å². The van der Waals surface area contributed by atoms with E-state index in [0.29, 0.717) is 24.5 Å². The Morgan fingerprint density at radius 3 is 2.50 bits per heavy atom. The molecular weight excluding hydrogens is 348 g/mol. The minimum Gasteiger partial charge on any atom is -0.494 e. The molecule has 0 amide bonds. The second-order valence-electron chi connectivity index (χ2n) is 6.58. The van der Waals surface area contributed by atoms with Gasteiger partial charge in [-0.1, -0.05) is 48.0 Å². The number of aliphatic hydroxyl groups is 1. The van der Waals surface area contributed by atoms with Gasteiger partial charge in [0.25, 0.3) is 0 Å². The van der Waals surface area contributed by atoms with Gasteiger partial charge < -0.3 is 14.6 Å². The topological polar surface area (TPSA) is 55.8 Å². The van der Waals surface area contributed by atoms with Crippen LogP contribution in [0.1, 0.15) is 17.5 Å². The highest BCUT2D eigenvalue weighted by atomic mass is 32.2. The van der Waals surface area contributed by atoms with E-state index in [-0.39, 0.29) is 13.2 Å². The highest BCUT2D eigenvalue weighted by molar-refractivity contribution is 7.85. The first-order valence-corrected chi connectivity index (χ1v) is 9.98. The molecule has 0 aromatic heterocycles. The molecule has 0 fully saturated rings. The second-order valence-corrected chi connectivity index (χ2v) is 8.03. The van der Waals surface area contributed by atoms with Gasteiger partial charge in [0.1, 0.15) is 18.0 Å². The first-order chi connectivity index (χ1) is 12.6. The molecule has 2 aromatic rings. The van der Waals surface area contributed by atoms with Crippen LogP contribution in [0.4, 0.5) is 0 Å². The van der Waals surface area contributed by atoms with Gasteiger partial charge in [0, 0.05) is 11.3 Å². The van der Waals surface area contributed by atoms with Crippen LogP contribution in [0.5, 0.6) is 0 Å². The Hall–Kier alpha value is -1.95. The summed E-state index contributed by atoms with van der Waals surface area (Å²) in [6.07, 6.45) is 2.42. The van der Waals surface area contributed by atoms with E-state index in [1.54, 1.807) is 0 Å². The fourth-order valence-corrected chi connectivity index (χ4v) is 3.78. The van der Waals surface area contributed by atoms with Crippen molar-refractivity contribution in [1.29, 1.82) is 0 Å². The number of rotatable bonds is 7.